The van der Waals surface area contributed by atoms with Crippen LogP contribution in [0.4, 0.5) is 10.5 Å². The van der Waals surface area contributed by atoms with Crippen LogP contribution in [0.3, 0.4) is 0 Å². The average molecular weight is 289 g/mol. The lowest BCUT2D eigenvalue weighted by atomic mass is 10.1. The van der Waals surface area contributed by atoms with Crippen molar-refractivity contribution in [3.63, 3.8) is 0 Å². The molecule has 21 heavy (non-hydrogen) atoms. The molecule has 1 fully saturated rings. The van der Waals surface area contributed by atoms with Crippen molar-refractivity contribution in [3.8, 4) is 5.75 Å². The van der Waals surface area contributed by atoms with Gasteiger partial charge >= 0.3 is 6.03 Å². The molecule has 0 saturated carbocycles. The largest absolute Gasteiger partial charge is 0.495 e. The first-order valence-electron chi connectivity index (χ1n) is 7.58. The van der Waals surface area contributed by atoms with Gasteiger partial charge in [0.1, 0.15) is 5.75 Å². The van der Waals surface area contributed by atoms with Crippen LogP contribution in [0, 0.1) is 0 Å². The fourth-order valence-electron chi connectivity index (χ4n) is 3.26. The molecule has 0 bridgehead atoms. The molecule has 0 radical (unpaired) electrons. The number of amides is 2. The third kappa shape index (κ3) is 2.46. The van der Waals surface area contributed by atoms with E-state index < -0.39 is 0 Å². The zero-order chi connectivity index (χ0) is 15.0. The number of carbonyl (C=O) groups is 1. The maximum absolute atomic E-state index is 12.6. The lowest BCUT2D eigenvalue weighted by Crippen LogP contribution is -2.49. The molecule has 3 rings (SSSR count). The quantitative estimate of drug-likeness (QED) is 0.856. The van der Waals surface area contributed by atoms with Gasteiger partial charge in [0, 0.05) is 32.7 Å². The van der Waals surface area contributed by atoms with Crippen molar-refractivity contribution in [1.82, 2.24) is 9.80 Å². The van der Waals surface area contributed by atoms with Crippen LogP contribution in [0.2, 0.25) is 0 Å². The molecule has 1 saturated heterocycles. The van der Waals surface area contributed by atoms with Crippen LogP contribution in [0.25, 0.3) is 0 Å². The highest BCUT2D eigenvalue weighted by Crippen LogP contribution is 2.36. The van der Waals surface area contributed by atoms with Gasteiger partial charge in [-0.15, -0.1) is 0 Å². The fourth-order valence-corrected chi connectivity index (χ4v) is 3.26. The van der Waals surface area contributed by atoms with E-state index in [0.717, 1.165) is 50.6 Å². The minimum absolute atomic E-state index is 0.0911. The Morgan fingerprint density at radius 3 is 2.57 bits per heavy atom. The molecular weight excluding hydrogens is 266 g/mol. The molecule has 0 unspecified atom stereocenters. The Hall–Kier alpha value is -1.75. The Labute approximate surface area is 126 Å². The van der Waals surface area contributed by atoms with Crippen molar-refractivity contribution in [1.29, 1.82) is 0 Å². The molecule has 0 spiro atoms. The predicted molar refractivity (Wildman–Crippen MR) is 82.8 cm³/mol. The van der Waals surface area contributed by atoms with Crippen LogP contribution in [0.5, 0.6) is 5.75 Å². The van der Waals surface area contributed by atoms with Gasteiger partial charge < -0.3 is 9.64 Å². The maximum Gasteiger partial charge on any atom is 0.324 e. The smallest absolute Gasteiger partial charge is 0.324 e. The van der Waals surface area contributed by atoms with Crippen molar-refractivity contribution < 1.29 is 9.53 Å². The molecule has 5 nitrogen and oxygen atoms in total. The second kappa shape index (κ2) is 5.56. The van der Waals surface area contributed by atoms with E-state index in [0.29, 0.717) is 0 Å². The number of hydrogen-bond donors (Lipinski definition) is 0. The summed E-state index contributed by atoms with van der Waals surface area (Å²) in [6.45, 7) is 6.27. The number of urea groups is 1. The molecule has 0 N–H and O–H groups in total. The van der Waals surface area contributed by atoms with Crippen LogP contribution < -0.4 is 9.64 Å². The lowest BCUT2D eigenvalue weighted by molar-refractivity contribution is 0.198. The van der Waals surface area contributed by atoms with Crippen LogP contribution in [-0.4, -0.2) is 49.6 Å². The molecule has 0 aromatic heterocycles. The third-order valence-corrected chi connectivity index (χ3v) is 4.37. The first-order valence-corrected chi connectivity index (χ1v) is 7.58. The van der Waals surface area contributed by atoms with Crippen LogP contribution in [0.15, 0.2) is 12.1 Å². The molecule has 2 amide bonds. The van der Waals surface area contributed by atoms with Gasteiger partial charge in [0.05, 0.1) is 12.8 Å². The van der Waals surface area contributed by atoms with Gasteiger partial charge in [-0.3, -0.25) is 9.80 Å². The highest BCUT2D eigenvalue weighted by molar-refractivity contribution is 5.94. The Bertz CT molecular complexity index is 559. The summed E-state index contributed by atoms with van der Waals surface area (Å²) in [5.74, 6) is 0.801. The Kier molecular flexibility index (Phi) is 3.76. The molecule has 5 heteroatoms. The first kappa shape index (κ1) is 14.2. The SMILES string of the molecule is CCN1CCCN(c2cc3c(cc2OC)CN(C)C3)C1=O. The summed E-state index contributed by atoms with van der Waals surface area (Å²) < 4.78 is 5.55. The minimum atomic E-state index is 0.0911. The van der Waals surface area contributed by atoms with Crippen molar-refractivity contribution in [2.75, 3.05) is 38.7 Å². The molecule has 2 aliphatic heterocycles. The molecule has 1 aromatic carbocycles. The standard InChI is InChI=1S/C16H23N3O2/c1-4-18-6-5-7-19(16(18)20)14-8-12-10-17(2)11-13(12)9-15(14)21-3/h8-9H,4-7,10-11H2,1-3H3. The van der Waals surface area contributed by atoms with Crippen molar-refractivity contribution >= 4 is 11.7 Å². The monoisotopic (exact) mass is 289 g/mol. The number of anilines is 1. The molecule has 0 atom stereocenters. The van der Waals surface area contributed by atoms with Crippen molar-refractivity contribution in [2.24, 2.45) is 0 Å². The summed E-state index contributed by atoms with van der Waals surface area (Å²) in [5, 5.41) is 0. The van der Waals surface area contributed by atoms with Gasteiger partial charge in [-0.05, 0) is 43.7 Å². The first-order chi connectivity index (χ1) is 10.1. The van der Waals surface area contributed by atoms with Crippen LogP contribution >= 0.6 is 0 Å². The number of benzene rings is 1. The van der Waals surface area contributed by atoms with Gasteiger partial charge in [-0.2, -0.15) is 0 Å². The summed E-state index contributed by atoms with van der Waals surface area (Å²) in [5.41, 5.74) is 3.51. The number of fused-ring (bicyclic) bond motifs is 1. The number of methoxy groups -OCH3 is 1. The van der Waals surface area contributed by atoms with Crippen molar-refractivity contribution in [3.05, 3.63) is 23.3 Å². The van der Waals surface area contributed by atoms with E-state index in [2.05, 4.69) is 24.1 Å². The number of carbonyl (C=O) groups excluding carboxylic acids is 1. The van der Waals surface area contributed by atoms with Gasteiger partial charge in [-0.25, -0.2) is 4.79 Å². The highest BCUT2D eigenvalue weighted by Gasteiger charge is 2.29. The molecule has 1 aromatic rings. The van der Waals surface area contributed by atoms with Gasteiger partial charge in [-0.1, -0.05) is 0 Å². The van der Waals surface area contributed by atoms with E-state index in [1.165, 1.54) is 11.1 Å². The van der Waals surface area contributed by atoms with E-state index in [1.54, 1.807) is 7.11 Å². The topological polar surface area (TPSA) is 36.0 Å². The van der Waals surface area contributed by atoms with Crippen LogP contribution in [-0.2, 0) is 13.1 Å². The Balaban J connectivity index is 1.98. The summed E-state index contributed by atoms with van der Waals surface area (Å²) in [4.78, 5) is 18.6. The van der Waals surface area contributed by atoms with Gasteiger partial charge in [0.2, 0.25) is 0 Å². The highest BCUT2D eigenvalue weighted by atomic mass is 16.5. The lowest BCUT2D eigenvalue weighted by Gasteiger charge is -2.35. The summed E-state index contributed by atoms with van der Waals surface area (Å²) in [7, 11) is 3.78. The van der Waals surface area contributed by atoms with E-state index in [-0.39, 0.29) is 6.03 Å². The molecular formula is C16H23N3O2. The summed E-state index contributed by atoms with van der Waals surface area (Å²) in [6, 6.07) is 4.31. The molecule has 0 aliphatic carbocycles. The van der Waals surface area contributed by atoms with Gasteiger partial charge in [0.15, 0.2) is 0 Å². The second-order valence-corrected chi connectivity index (χ2v) is 5.83. The summed E-state index contributed by atoms with van der Waals surface area (Å²) in [6.07, 6.45) is 1.000. The van der Waals surface area contributed by atoms with Gasteiger partial charge in [0.25, 0.3) is 0 Å². The number of hydrogen-bond acceptors (Lipinski definition) is 3. The minimum Gasteiger partial charge on any atom is -0.495 e. The number of nitrogens with zero attached hydrogens (tertiary/aromatic N) is 3. The normalized spacial score (nSPS) is 19.1. The van der Waals surface area contributed by atoms with E-state index in [4.69, 9.17) is 4.74 Å². The zero-order valence-corrected chi connectivity index (χ0v) is 13.1. The van der Waals surface area contributed by atoms with Crippen molar-refractivity contribution in [2.45, 2.75) is 26.4 Å². The molecule has 2 aliphatic rings. The second-order valence-electron chi connectivity index (χ2n) is 5.83. The number of rotatable bonds is 3. The average Bonchev–Trinajstić information content (AvgIpc) is 2.85. The zero-order valence-electron chi connectivity index (χ0n) is 13.1. The van der Waals surface area contributed by atoms with E-state index in [1.807, 2.05) is 16.7 Å². The van der Waals surface area contributed by atoms with Crippen LogP contribution in [0.1, 0.15) is 24.5 Å². The predicted octanol–water partition coefficient (Wildman–Crippen LogP) is 2.29. The fraction of sp³-hybridized carbons (Fsp3) is 0.562. The van der Waals surface area contributed by atoms with E-state index >= 15 is 0 Å². The maximum atomic E-state index is 12.6. The Morgan fingerprint density at radius 1 is 1.19 bits per heavy atom. The Morgan fingerprint density at radius 2 is 1.90 bits per heavy atom. The summed E-state index contributed by atoms with van der Waals surface area (Å²) >= 11 is 0. The van der Waals surface area contributed by atoms with E-state index in [9.17, 15) is 4.79 Å². The number of ether oxygens (including phenoxy) is 1. The molecule has 114 valence electrons. The molecule has 2 heterocycles. The third-order valence-electron chi connectivity index (χ3n) is 4.37.